The Morgan fingerprint density at radius 2 is 2.26 bits per heavy atom. The van der Waals surface area contributed by atoms with Crippen LogP contribution in [0.25, 0.3) is 10.2 Å². The quantitative estimate of drug-likeness (QED) is 0.913. The van der Waals surface area contributed by atoms with Crippen molar-refractivity contribution in [2.24, 2.45) is 0 Å². The summed E-state index contributed by atoms with van der Waals surface area (Å²) in [6, 6.07) is 2.70. The number of nitrogen functional groups attached to an aromatic ring is 1. The molecule has 1 aliphatic heterocycles. The summed E-state index contributed by atoms with van der Waals surface area (Å²) in [5.74, 6) is 1.43. The standard InChI is InChI=1S/C14H20N4S/c1-2-10-6-4-3-5-8-18(10)12-11-7-9-19-13(11)17-14(15)16-12/h7,9-10H,2-6,8H2,1H3,(H2,15,16,17). The predicted molar refractivity (Wildman–Crippen MR) is 81.7 cm³/mol. The van der Waals surface area contributed by atoms with Gasteiger partial charge in [-0.15, -0.1) is 11.3 Å². The number of thiophene rings is 1. The number of nitrogens with two attached hydrogens (primary N) is 1. The lowest BCUT2D eigenvalue weighted by molar-refractivity contribution is 0.553. The van der Waals surface area contributed by atoms with Gasteiger partial charge in [0.1, 0.15) is 10.6 Å². The van der Waals surface area contributed by atoms with Crippen LogP contribution in [0.15, 0.2) is 11.4 Å². The molecule has 2 N–H and O–H groups in total. The van der Waals surface area contributed by atoms with Gasteiger partial charge in [0.15, 0.2) is 0 Å². The molecule has 0 radical (unpaired) electrons. The molecule has 1 saturated heterocycles. The first kappa shape index (κ1) is 12.7. The highest BCUT2D eigenvalue weighted by atomic mass is 32.1. The van der Waals surface area contributed by atoms with Crippen molar-refractivity contribution in [1.29, 1.82) is 0 Å². The van der Waals surface area contributed by atoms with Crippen molar-refractivity contribution in [3.05, 3.63) is 11.4 Å². The van der Waals surface area contributed by atoms with Gasteiger partial charge in [0.05, 0.1) is 5.39 Å². The van der Waals surface area contributed by atoms with Crippen LogP contribution in [-0.2, 0) is 0 Å². The smallest absolute Gasteiger partial charge is 0.223 e. The van der Waals surface area contributed by atoms with Gasteiger partial charge in [0.25, 0.3) is 0 Å². The molecule has 5 heteroatoms. The molecule has 3 rings (SSSR count). The number of nitrogens with zero attached hydrogens (tertiary/aromatic N) is 3. The summed E-state index contributed by atoms with van der Waals surface area (Å²) in [7, 11) is 0. The van der Waals surface area contributed by atoms with Gasteiger partial charge in [-0.2, -0.15) is 4.98 Å². The Labute approximate surface area is 117 Å². The van der Waals surface area contributed by atoms with E-state index in [-0.39, 0.29) is 0 Å². The lowest BCUT2D eigenvalue weighted by atomic mass is 10.1. The van der Waals surface area contributed by atoms with E-state index in [9.17, 15) is 0 Å². The van der Waals surface area contributed by atoms with E-state index in [0.717, 1.165) is 29.0 Å². The van der Waals surface area contributed by atoms with Crippen LogP contribution in [0.3, 0.4) is 0 Å². The Kier molecular flexibility index (Phi) is 3.55. The Bertz CT molecular complexity index is 566. The minimum absolute atomic E-state index is 0.393. The van der Waals surface area contributed by atoms with Gasteiger partial charge in [-0.3, -0.25) is 0 Å². The maximum atomic E-state index is 5.87. The predicted octanol–water partition coefficient (Wildman–Crippen LogP) is 3.43. The number of hydrogen-bond acceptors (Lipinski definition) is 5. The second kappa shape index (κ2) is 5.33. The number of hydrogen-bond donors (Lipinski definition) is 1. The van der Waals surface area contributed by atoms with Gasteiger partial charge >= 0.3 is 0 Å². The SMILES string of the molecule is CCC1CCCCCN1c1nc(N)nc2sccc12. The van der Waals surface area contributed by atoms with Gasteiger partial charge in [0.2, 0.25) is 5.95 Å². The average molecular weight is 276 g/mol. The fraction of sp³-hybridized carbons (Fsp3) is 0.571. The highest BCUT2D eigenvalue weighted by molar-refractivity contribution is 7.16. The van der Waals surface area contributed by atoms with E-state index in [4.69, 9.17) is 5.73 Å². The summed E-state index contributed by atoms with van der Waals surface area (Å²) >= 11 is 1.64. The van der Waals surface area contributed by atoms with Gasteiger partial charge < -0.3 is 10.6 Å². The van der Waals surface area contributed by atoms with Crippen molar-refractivity contribution in [1.82, 2.24) is 9.97 Å². The number of fused-ring (bicyclic) bond motifs is 1. The molecule has 4 nitrogen and oxygen atoms in total. The zero-order valence-electron chi connectivity index (χ0n) is 11.3. The van der Waals surface area contributed by atoms with Crippen molar-refractivity contribution in [3.63, 3.8) is 0 Å². The first-order valence-electron chi connectivity index (χ1n) is 7.07. The Morgan fingerprint density at radius 1 is 1.37 bits per heavy atom. The largest absolute Gasteiger partial charge is 0.368 e. The molecule has 19 heavy (non-hydrogen) atoms. The second-order valence-corrected chi connectivity index (χ2v) is 6.04. The highest BCUT2D eigenvalue weighted by Gasteiger charge is 2.23. The van der Waals surface area contributed by atoms with Crippen LogP contribution in [-0.4, -0.2) is 22.6 Å². The molecule has 0 bridgehead atoms. The number of aromatic nitrogens is 2. The Balaban J connectivity index is 2.07. The molecule has 0 saturated carbocycles. The molecule has 3 heterocycles. The summed E-state index contributed by atoms with van der Waals surface area (Å²) in [6.45, 7) is 3.35. The summed E-state index contributed by atoms with van der Waals surface area (Å²) in [5, 5.41) is 3.22. The van der Waals surface area contributed by atoms with E-state index >= 15 is 0 Å². The van der Waals surface area contributed by atoms with Crippen LogP contribution in [0.5, 0.6) is 0 Å². The van der Waals surface area contributed by atoms with E-state index in [1.807, 2.05) is 0 Å². The van der Waals surface area contributed by atoms with Crippen molar-refractivity contribution < 1.29 is 0 Å². The maximum Gasteiger partial charge on any atom is 0.223 e. The minimum Gasteiger partial charge on any atom is -0.368 e. The van der Waals surface area contributed by atoms with Crippen molar-refractivity contribution in [3.8, 4) is 0 Å². The lowest BCUT2D eigenvalue weighted by Gasteiger charge is -2.30. The van der Waals surface area contributed by atoms with Crippen LogP contribution in [0.1, 0.15) is 39.0 Å². The zero-order chi connectivity index (χ0) is 13.2. The van der Waals surface area contributed by atoms with Crippen LogP contribution < -0.4 is 10.6 Å². The molecule has 2 aromatic heterocycles. The molecular weight excluding hydrogens is 256 g/mol. The van der Waals surface area contributed by atoms with E-state index in [0.29, 0.717) is 12.0 Å². The van der Waals surface area contributed by atoms with Gasteiger partial charge in [-0.05, 0) is 30.7 Å². The van der Waals surface area contributed by atoms with E-state index in [1.54, 1.807) is 11.3 Å². The average Bonchev–Trinajstić information content (AvgIpc) is 2.74. The fourth-order valence-electron chi connectivity index (χ4n) is 2.96. The Morgan fingerprint density at radius 3 is 3.11 bits per heavy atom. The lowest BCUT2D eigenvalue weighted by Crippen LogP contribution is -2.35. The third-order valence-electron chi connectivity index (χ3n) is 3.94. The molecule has 1 aliphatic rings. The van der Waals surface area contributed by atoms with Crippen LogP contribution >= 0.6 is 11.3 Å². The van der Waals surface area contributed by atoms with Gasteiger partial charge in [0, 0.05) is 12.6 Å². The van der Waals surface area contributed by atoms with Gasteiger partial charge in [-0.25, -0.2) is 4.98 Å². The molecule has 1 fully saturated rings. The zero-order valence-corrected chi connectivity index (χ0v) is 12.1. The second-order valence-electron chi connectivity index (χ2n) is 5.15. The van der Waals surface area contributed by atoms with Crippen LogP contribution in [0.4, 0.5) is 11.8 Å². The van der Waals surface area contributed by atoms with E-state index in [1.165, 1.54) is 25.7 Å². The first-order valence-corrected chi connectivity index (χ1v) is 7.95. The summed E-state index contributed by atoms with van der Waals surface area (Å²) < 4.78 is 0. The fourth-order valence-corrected chi connectivity index (χ4v) is 3.72. The molecule has 0 spiro atoms. The number of anilines is 2. The molecule has 1 atom stereocenters. The van der Waals surface area contributed by atoms with Crippen molar-refractivity contribution >= 4 is 33.3 Å². The Hall–Kier alpha value is -1.36. The summed E-state index contributed by atoms with van der Waals surface area (Å²) in [6.07, 6.45) is 6.30. The van der Waals surface area contributed by atoms with Crippen LogP contribution in [0, 0.1) is 0 Å². The van der Waals surface area contributed by atoms with E-state index in [2.05, 4.69) is 33.2 Å². The third kappa shape index (κ3) is 2.39. The van der Waals surface area contributed by atoms with Crippen LogP contribution in [0.2, 0.25) is 0 Å². The molecule has 1 unspecified atom stereocenters. The maximum absolute atomic E-state index is 5.87. The molecule has 102 valence electrons. The molecule has 0 aromatic carbocycles. The monoisotopic (exact) mass is 276 g/mol. The molecule has 2 aromatic rings. The molecular formula is C14H20N4S. The minimum atomic E-state index is 0.393. The topological polar surface area (TPSA) is 55.0 Å². The highest BCUT2D eigenvalue weighted by Crippen LogP contribution is 2.32. The van der Waals surface area contributed by atoms with Gasteiger partial charge in [-0.1, -0.05) is 19.8 Å². The molecule has 0 amide bonds. The normalized spacial score (nSPS) is 20.7. The summed E-state index contributed by atoms with van der Waals surface area (Å²) in [5.41, 5.74) is 5.87. The summed E-state index contributed by atoms with van der Waals surface area (Å²) in [4.78, 5) is 12.3. The third-order valence-corrected chi connectivity index (χ3v) is 4.75. The van der Waals surface area contributed by atoms with Crippen molar-refractivity contribution in [2.45, 2.75) is 45.1 Å². The van der Waals surface area contributed by atoms with Crippen molar-refractivity contribution in [2.75, 3.05) is 17.2 Å². The number of rotatable bonds is 2. The van der Waals surface area contributed by atoms with E-state index < -0.39 is 0 Å². The molecule has 0 aliphatic carbocycles. The first-order chi connectivity index (χ1) is 9.29.